The summed E-state index contributed by atoms with van der Waals surface area (Å²) in [6.07, 6.45) is 0. The van der Waals surface area contributed by atoms with E-state index in [9.17, 15) is 10.5 Å². The first kappa shape index (κ1) is 20.0. The van der Waals surface area contributed by atoms with Crippen LogP contribution in [0.5, 0.6) is 0 Å². The van der Waals surface area contributed by atoms with Crippen molar-refractivity contribution in [3.8, 4) is 12.1 Å². The minimum absolute atomic E-state index is 0.0419. The first-order valence-corrected chi connectivity index (χ1v) is 11.0. The Morgan fingerprint density at radius 3 is 1.47 bits per heavy atom. The summed E-state index contributed by atoms with van der Waals surface area (Å²) in [4.78, 5) is 17.1. The average molecular weight is 450 g/mol. The average Bonchev–Trinajstić information content (AvgIpc) is 3.62. The second kappa shape index (κ2) is 7.04. The van der Waals surface area contributed by atoms with Crippen molar-refractivity contribution in [1.29, 1.82) is 10.5 Å². The van der Waals surface area contributed by atoms with Crippen LogP contribution in [0.4, 0.5) is 0 Å². The Morgan fingerprint density at radius 1 is 0.667 bits per heavy atom. The monoisotopic (exact) mass is 450 g/mol. The fraction of sp³-hybridized carbons (Fsp3) is 0. The third kappa shape index (κ3) is 2.33. The van der Waals surface area contributed by atoms with Gasteiger partial charge in [0, 0.05) is 22.3 Å². The van der Waals surface area contributed by atoms with Crippen LogP contribution in [0.3, 0.4) is 0 Å². The predicted molar refractivity (Wildman–Crippen MR) is 136 cm³/mol. The van der Waals surface area contributed by atoms with Crippen LogP contribution in [-0.2, 0) is 0 Å². The van der Waals surface area contributed by atoms with E-state index < -0.39 is 0 Å². The molecule has 0 spiro atoms. The summed E-state index contributed by atoms with van der Waals surface area (Å²) in [5.74, 6) is 0. The number of hydrogen-bond acceptors (Lipinski definition) is 4. The fourth-order valence-corrected chi connectivity index (χ4v) is 5.49. The number of aromatic nitrogens is 2. The highest BCUT2D eigenvalue weighted by Crippen LogP contribution is 2.51. The highest BCUT2D eigenvalue weighted by Gasteiger charge is 2.42. The minimum atomic E-state index is -0.0419. The molecule has 8 heteroatoms. The van der Waals surface area contributed by atoms with Crippen molar-refractivity contribution in [1.82, 2.24) is 9.97 Å². The van der Waals surface area contributed by atoms with E-state index in [1.807, 2.05) is 75.2 Å². The maximum absolute atomic E-state index is 9.80. The zero-order valence-electron chi connectivity index (χ0n) is 18.5. The number of hydrogen-bond donors (Lipinski definition) is 0. The normalized spacial score (nSPS) is 17.7. The first-order chi connectivity index (χ1) is 17.7. The number of benzene rings is 2. The van der Waals surface area contributed by atoms with Crippen molar-refractivity contribution in [3.05, 3.63) is 128 Å². The quantitative estimate of drug-likeness (QED) is 0.300. The Labute approximate surface area is 208 Å². The van der Waals surface area contributed by atoms with Gasteiger partial charge in [0.2, 0.25) is 0 Å². The molecular formula is C28H8B2N6. The lowest BCUT2D eigenvalue weighted by atomic mass is 9.64. The lowest BCUT2D eigenvalue weighted by Crippen LogP contribution is -2.17. The van der Waals surface area contributed by atoms with Gasteiger partial charge in [-0.2, -0.15) is 0 Å². The summed E-state index contributed by atoms with van der Waals surface area (Å²) in [7, 11) is 3.94. The van der Waals surface area contributed by atoms with E-state index in [1.165, 1.54) is 0 Å². The number of nitrogens with zero attached hydrogens (tertiary/aromatic N) is 6. The number of fused-ring (bicyclic) bond motifs is 8. The standard InChI is InChI=1S/C28H8B2N6/c1-33-17(11-31)21-23-19(13-7-3-5-9-15(13)29-23)25-27(21)35-26-20-14-8-4-6-10-16(14)30-24(20)22(28(26)36-25)18(12-32)34-2/h3-10H/b21-17-,22-18+. The Kier molecular flexibility index (Phi) is 3.91. The van der Waals surface area contributed by atoms with E-state index >= 15 is 0 Å². The number of rotatable bonds is 0. The highest BCUT2D eigenvalue weighted by molar-refractivity contribution is 6.71. The van der Waals surface area contributed by atoms with E-state index in [0.717, 1.165) is 44.1 Å². The molecule has 36 heavy (non-hydrogen) atoms. The van der Waals surface area contributed by atoms with Gasteiger partial charge >= 0.3 is 0 Å². The van der Waals surface area contributed by atoms with Gasteiger partial charge in [0.25, 0.3) is 11.4 Å². The van der Waals surface area contributed by atoms with Gasteiger partial charge in [0.1, 0.15) is 0 Å². The summed E-state index contributed by atoms with van der Waals surface area (Å²) in [5, 5.41) is 19.6. The lowest BCUT2D eigenvalue weighted by molar-refractivity contribution is 1.11. The van der Waals surface area contributed by atoms with E-state index in [2.05, 4.69) is 9.69 Å². The topological polar surface area (TPSA) is 82.1 Å². The van der Waals surface area contributed by atoms with E-state index in [0.29, 0.717) is 33.9 Å². The van der Waals surface area contributed by atoms with Crippen molar-refractivity contribution < 1.29 is 0 Å². The Bertz CT molecular complexity index is 1760. The van der Waals surface area contributed by atoms with Crippen LogP contribution < -0.4 is 10.9 Å². The van der Waals surface area contributed by atoms with Gasteiger partial charge in [0.05, 0.1) is 48.1 Å². The van der Waals surface area contributed by atoms with Gasteiger partial charge in [-0.1, -0.05) is 70.4 Å². The molecule has 0 bridgehead atoms. The third-order valence-electron chi connectivity index (χ3n) is 6.89. The van der Waals surface area contributed by atoms with Crippen molar-refractivity contribution in [2.24, 2.45) is 0 Å². The van der Waals surface area contributed by atoms with E-state index in [-0.39, 0.29) is 11.4 Å². The van der Waals surface area contributed by atoms with Crippen molar-refractivity contribution in [2.75, 3.05) is 0 Å². The maximum atomic E-state index is 9.80. The number of allylic oxidation sites excluding steroid dienone is 6. The van der Waals surface area contributed by atoms with Crippen LogP contribution in [0, 0.1) is 35.8 Å². The molecule has 0 atom stereocenters. The zero-order valence-corrected chi connectivity index (χ0v) is 18.5. The first-order valence-electron chi connectivity index (χ1n) is 11.0. The summed E-state index contributed by atoms with van der Waals surface area (Å²) < 4.78 is 0. The highest BCUT2D eigenvalue weighted by atomic mass is 14.9. The van der Waals surface area contributed by atoms with Gasteiger partial charge in [-0.25, -0.2) is 30.2 Å². The van der Waals surface area contributed by atoms with Crippen LogP contribution in [0.15, 0.2) is 70.9 Å². The summed E-state index contributed by atoms with van der Waals surface area (Å²) in [6.45, 7) is 15.3. The zero-order chi connectivity index (χ0) is 24.6. The molecule has 2 aliphatic heterocycles. The second-order valence-electron chi connectivity index (χ2n) is 8.55. The Balaban J connectivity index is 1.59. The van der Waals surface area contributed by atoms with Gasteiger partial charge in [-0.15, -0.1) is 0 Å². The fourth-order valence-electron chi connectivity index (χ4n) is 5.49. The molecule has 0 amide bonds. The number of nitriles is 2. The van der Waals surface area contributed by atoms with Crippen LogP contribution in [-0.4, -0.2) is 24.5 Å². The molecule has 7 rings (SSSR count). The molecule has 0 N–H and O–H groups in total. The molecule has 3 heterocycles. The molecule has 4 aliphatic rings. The lowest BCUT2D eigenvalue weighted by Gasteiger charge is -2.14. The molecule has 6 nitrogen and oxygen atoms in total. The van der Waals surface area contributed by atoms with Gasteiger partial charge < -0.3 is 0 Å². The summed E-state index contributed by atoms with van der Waals surface area (Å²) in [6, 6.07) is 19.8. The third-order valence-corrected chi connectivity index (χ3v) is 6.89. The van der Waals surface area contributed by atoms with Gasteiger partial charge in [-0.3, -0.25) is 0 Å². The predicted octanol–water partition coefficient (Wildman–Crippen LogP) is 3.02. The molecule has 0 saturated carbocycles. The summed E-state index contributed by atoms with van der Waals surface area (Å²) in [5.41, 5.74) is 9.96. The van der Waals surface area contributed by atoms with Crippen LogP contribution in [0.2, 0.25) is 0 Å². The summed E-state index contributed by atoms with van der Waals surface area (Å²) >= 11 is 0. The molecule has 156 valence electrons. The molecular weight excluding hydrogens is 442 g/mol. The van der Waals surface area contributed by atoms with Gasteiger partial charge in [-0.05, 0) is 11.1 Å². The van der Waals surface area contributed by atoms with Crippen molar-refractivity contribution in [3.63, 3.8) is 0 Å². The molecule has 2 radical (unpaired) electrons. The van der Waals surface area contributed by atoms with E-state index in [4.69, 9.17) is 23.1 Å². The molecule has 0 saturated heterocycles. The van der Waals surface area contributed by atoms with Crippen molar-refractivity contribution in [2.45, 2.75) is 0 Å². The SMILES string of the molecule is [C-]#[N+]/C(C#N)=C1/C2=C(c3ccccc3[B]2)c2nc3c(nc21)C1=C([B]c2ccccc21)/C3=C(/C#N)[N+]#[C-]. The van der Waals surface area contributed by atoms with Crippen molar-refractivity contribution >= 4 is 47.8 Å². The molecule has 0 unspecified atom stereocenters. The largest absolute Gasteiger partial charge is 0.270 e. The van der Waals surface area contributed by atoms with Gasteiger partial charge in [0.15, 0.2) is 14.6 Å². The maximum Gasteiger partial charge on any atom is 0.270 e. The molecule has 2 aliphatic carbocycles. The second-order valence-corrected chi connectivity index (χ2v) is 8.55. The van der Waals surface area contributed by atoms with Crippen LogP contribution in [0.25, 0.3) is 32.0 Å². The minimum Gasteiger partial charge on any atom is -0.245 e. The molecule has 2 aromatic carbocycles. The Hall–Kier alpha value is -5.43. The molecule has 3 aromatic rings. The van der Waals surface area contributed by atoms with E-state index in [1.54, 1.807) is 0 Å². The smallest absolute Gasteiger partial charge is 0.245 e. The molecule has 0 fully saturated rings. The Morgan fingerprint density at radius 2 is 1.08 bits per heavy atom. The van der Waals surface area contributed by atoms with Crippen LogP contribution in [0.1, 0.15) is 33.9 Å². The molecule has 1 aromatic heterocycles. The van der Waals surface area contributed by atoms with Crippen LogP contribution >= 0.6 is 0 Å².